The van der Waals surface area contributed by atoms with Crippen molar-refractivity contribution in [2.24, 2.45) is 0 Å². The van der Waals surface area contributed by atoms with Gasteiger partial charge in [0.1, 0.15) is 10.8 Å². The molecular weight excluding hydrogens is 206 g/mol. The minimum Gasteiger partial charge on any atom is -0.508 e. The van der Waals surface area contributed by atoms with E-state index in [4.69, 9.17) is 0 Å². The van der Waals surface area contributed by atoms with E-state index in [0.29, 0.717) is 5.75 Å². The topological polar surface area (TPSA) is 33.1 Å². The lowest BCUT2D eigenvalue weighted by atomic mass is 10.2. The van der Waals surface area contributed by atoms with Gasteiger partial charge in [-0.2, -0.15) is 0 Å². The molecule has 0 amide bonds. The zero-order valence-electron chi connectivity index (χ0n) is 8.82. The maximum Gasteiger partial charge on any atom is 0.123 e. The van der Waals surface area contributed by atoms with E-state index < -0.39 is 0 Å². The number of hydrogen-bond acceptors (Lipinski definition) is 3. The lowest BCUT2D eigenvalue weighted by Crippen LogP contribution is -1.82. The molecular formula is C12H13NOS. The molecule has 0 unspecified atom stereocenters. The molecule has 15 heavy (non-hydrogen) atoms. The van der Waals surface area contributed by atoms with E-state index in [0.717, 1.165) is 22.7 Å². The van der Waals surface area contributed by atoms with Crippen LogP contribution in [0.15, 0.2) is 24.3 Å². The number of phenols is 1. The summed E-state index contributed by atoms with van der Waals surface area (Å²) in [6, 6.07) is 7.23. The van der Waals surface area contributed by atoms with Crippen molar-refractivity contribution >= 4 is 11.3 Å². The summed E-state index contributed by atoms with van der Waals surface area (Å²) >= 11 is 1.68. The molecule has 1 aromatic heterocycles. The smallest absolute Gasteiger partial charge is 0.123 e. The molecule has 0 spiro atoms. The van der Waals surface area contributed by atoms with Gasteiger partial charge in [-0.3, -0.25) is 0 Å². The molecule has 0 saturated heterocycles. The summed E-state index contributed by atoms with van der Waals surface area (Å²) in [5.41, 5.74) is 2.14. The normalized spacial score (nSPS) is 10.5. The van der Waals surface area contributed by atoms with Crippen molar-refractivity contribution in [3.63, 3.8) is 0 Å². The van der Waals surface area contributed by atoms with Gasteiger partial charge in [0.2, 0.25) is 0 Å². The van der Waals surface area contributed by atoms with Crippen LogP contribution in [0.4, 0.5) is 0 Å². The van der Waals surface area contributed by atoms with Crippen LogP contribution in [0, 0.1) is 6.92 Å². The monoisotopic (exact) mass is 219 g/mol. The zero-order valence-corrected chi connectivity index (χ0v) is 9.64. The van der Waals surface area contributed by atoms with E-state index in [1.165, 1.54) is 4.88 Å². The number of aromatic hydroxyl groups is 1. The van der Waals surface area contributed by atoms with Gasteiger partial charge < -0.3 is 5.11 Å². The molecule has 2 rings (SSSR count). The molecule has 0 bridgehead atoms. The van der Waals surface area contributed by atoms with Crippen LogP contribution in [0.3, 0.4) is 0 Å². The summed E-state index contributed by atoms with van der Waals surface area (Å²) in [7, 11) is 0. The van der Waals surface area contributed by atoms with Crippen molar-refractivity contribution < 1.29 is 5.11 Å². The Hall–Kier alpha value is -1.35. The number of nitrogens with zero attached hydrogens (tertiary/aromatic N) is 1. The first-order valence-corrected chi connectivity index (χ1v) is 5.78. The number of phenolic OH excluding ortho intramolecular Hbond substituents is 1. The van der Waals surface area contributed by atoms with Gasteiger partial charge >= 0.3 is 0 Å². The SMILES string of the molecule is CCc1nc(-c2cccc(O)c2)sc1C. The van der Waals surface area contributed by atoms with Crippen LogP contribution in [0.2, 0.25) is 0 Å². The first kappa shape index (κ1) is 10.2. The Labute approximate surface area is 93.2 Å². The quantitative estimate of drug-likeness (QED) is 0.839. The lowest BCUT2D eigenvalue weighted by Gasteiger charge is -1.96. The van der Waals surface area contributed by atoms with Crippen molar-refractivity contribution in [1.29, 1.82) is 0 Å². The molecule has 0 radical (unpaired) electrons. The van der Waals surface area contributed by atoms with Crippen LogP contribution in [0.5, 0.6) is 5.75 Å². The van der Waals surface area contributed by atoms with Crippen LogP contribution in [-0.4, -0.2) is 10.1 Å². The minimum atomic E-state index is 0.290. The molecule has 0 fully saturated rings. The summed E-state index contributed by atoms with van der Waals surface area (Å²) in [4.78, 5) is 5.81. The standard InChI is InChI=1S/C12H13NOS/c1-3-11-8(2)15-12(13-11)9-5-4-6-10(14)7-9/h4-7,14H,3H2,1-2H3. The van der Waals surface area contributed by atoms with Crippen molar-refractivity contribution in [2.75, 3.05) is 0 Å². The predicted molar refractivity (Wildman–Crippen MR) is 63.3 cm³/mol. The largest absolute Gasteiger partial charge is 0.508 e. The molecule has 2 nitrogen and oxygen atoms in total. The Kier molecular flexibility index (Phi) is 2.73. The number of aryl methyl sites for hydroxylation is 2. The first-order chi connectivity index (χ1) is 7.20. The average molecular weight is 219 g/mol. The predicted octanol–water partition coefficient (Wildman–Crippen LogP) is 3.39. The third-order valence-corrected chi connectivity index (χ3v) is 3.38. The van der Waals surface area contributed by atoms with E-state index in [2.05, 4.69) is 18.8 Å². The molecule has 0 aliphatic rings. The summed E-state index contributed by atoms with van der Waals surface area (Å²) in [6.07, 6.45) is 0.959. The van der Waals surface area contributed by atoms with E-state index in [-0.39, 0.29) is 0 Å². The van der Waals surface area contributed by atoms with E-state index in [1.807, 2.05) is 12.1 Å². The highest BCUT2D eigenvalue weighted by molar-refractivity contribution is 7.15. The fraction of sp³-hybridized carbons (Fsp3) is 0.250. The second-order valence-electron chi connectivity index (χ2n) is 3.43. The van der Waals surface area contributed by atoms with Gasteiger partial charge in [-0.25, -0.2) is 4.98 Å². The summed E-state index contributed by atoms with van der Waals surface area (Å²) in [5, 5.41) is 10.4. The average Bonchev–Trinajstić information content (AvgIpc) is 2.60. The molecule has 1 heterocycles. The Morgan fingerprint density at radius 1 is 1.40 bits per heavy atom. The van der Waals surface area contributed by atoms with E-state index in [9.17, 15) is 5.11 Å². The number of rotatable bonds is 2. The fourth-order valence-corrected chi connectivity index (χ4v) is 2.52. The van der Waals surface area contributed by atoms with Gasteiger partial charge in [0, 0.05) is 10.4 Å². The molecule has 1 N–H and O–H groups in total. The second-order valence-corrected chi connectivity index (χ2v) is 4.63. The number of benzene rings is 1. The fourth-order valence-electron chi connectivity index (χ4n) is 1.52. The van der Waals surface area contributed by atoms with Crippen LogP contribution in [-0.2, 0) is 6.42 Å². The number of thiazole rings is 1. The van der Waals surface area contributed by atoms with Crippen molar-refractivity contribution in [3.8, 4) is 16.3 Å². The minimum absolute atomic E-state index is 0.290. The van der Waals surface area contributed by atoms with Crippen LogP contribution in [0.1, 0.15) is 17.5 Å². The zero-order chi connectivity index (χ0) is 10.8. The molecule has 0 aliphatic carbocycles. The van der Waals surface area contributed by atoms with Crippen molar-refractivity contribution in [1.82, 2.24) is 4.98 Å². The van der Waals surface area contributed by atoms with Crippen LogP contribution in [0.25, 0.3) is 10.6 Å². The Morgan fingerprint density at radius 3 is 2.80 bits per heavy atom. The highest BCUT2D eigenvalue weighted by Gasteiger charge is 2.07. The molecule has 1 aromatic carbocycles. The molecule has 2 aromatic rings. The number of hydrogen-bond donors (Lipinski definition) is 1. The highest BCUT2D eigenvalue weighted by Crippen LogP contribution is 2.29. The summed E-state index contributed by atoms with van der Waals surface area (Å²) in [5.74, 6) is 0.290. The summed E-state index contributed by atoms with van der Waals surface area (Å²) in [6.45, 7) is 4.19. The van der Waals surface area contributed by atoms with E-state index >= 15 is 0 Å². The van der Waals surface area contributed by atoms with Gasteiger partial charge in [0.25, 0.3) is 0 Å². The van der Waals surface area contributed by atoms with Crippen molar-refractivity contribution in [2.45, 2.75) is 20.3 Å². The Morgan fingerprint density at radius 2 is 2.20 bits per heavy atom. The summed E-state index contributed by atoms with van der Waals surface area (Å²) < 4.78 is 0. The maximum atomic E-state index is 9.38. The molecule has 0 atom stereocenters. The highest BCUT2D eigenvalue weighted by atomic mass is 32.1. The third kappa shape index (κ3) is 2.02. The second kappa shape index (κ2) is 4.03. The van der Waals surface area contributed by atoms with Crippen LogP contribution >= 0.6 is 11.3 Å². The molecule has 3 heteroatoms. The molecule has 0 saturated carbocycles. The Bertz CT molecular complexity index is 476. The molecule has 78 valence electrons. The van der Waals surface area contributed by atoms with E-state index in [1.54, 1.807) is 23.5 Å². The first-order valence-electron chi connectivity index (χ1n) is 4.96. The van der Waals surface area contributed by atoms with Gasteiger partial charge in [-0.1, -0.05) is 19.1 Å². The lowest BCUT2D eigenvalue weighted by molar-refractivity contribution is 0.475. The van der Waals surface area contributed by atoms with Gasteiger partial charge in [-0.05, 0) is 25.5 Å². The van der Waals surface area contributed by atoms with Gasteiger partial charge in [0.05, 0.1) is 5.69 Å². The van der Waals surface area contributed by atoms with Crippen LogP contribution < -0.4 is 0 Å². The molecule has 0 aliphatic heterocycles. The number of aromatic nitrogens is 1. The van der Waals surface area contributed by atoms with Gasteiger partial charge in [0.15, 0.2) is 0 Å². The Balaban J connectivity index is 2.45. The van der Waals surface area contributed by atoms with Crippen molar-refractivity contribution in [3.05, 3.63) is 34.8 Å². The third-order valence-electron chi connectivity index (χ3n) is 2.32. The van der Waals surface area contributed by atoms with Gasteiger partial charge in [-0.15, -0.1) is 11.3 Å². The maximum absolute atomic E-state index is 9.38.